The van der Waals surface area contributed by atoms with Crippen LogP contribution in [0.4, 0.5) is 4.79 Å². The van der Waals surface area contributed by atoms with Crippen LogP contribution in [0.25, 0.3) is 0 Å². The second-order valence-corrected chi connectivity index (χ2v) is 10.6. The van der Waals surface area contributed by atoms with Crippen LogP contribution in [0.2, 0.25) is 0 Å². The minimum atomic E-state index is -0.755. The Morgan fingerprint density at radius 3 is 2.55 bits per heavy atom. The molecule has 1 spiro atoms. The summed E-state index contributed by atoms with van der Waals surface area (Å²) in [6.45, 7) is 9.33. The van der Waals surface area contributed by atoms with Gasteiger partial charge in [0.2, 0.25) is 0 Å². The van der Waals surface area contributed by atoms with Crippen molar-refractivity contribution in [3.8, 4) is 0 Å². The number of hydrogen-bond donors (Lipinski definition) is 1. The molecule has 3 heterocycles. The van der Waals surface area contributed by atoms with Crippen molar-refractivity contribution in [3.63, 3.8) is 0 Å². The number of thiophene rings is 1. The minimum absolute atomic E-state index is 0.0321. The van der Waals surface area contributed by atoms with E-state index in [1.807, 2.05) is 22.4 Å². The van der Waals surface area contributed by atoms with Crippen LogP contribution in [0.3, 0.4) is 0 Å². The maximum Gasteiger partial charge on any atom is 0.326 e. The smallest absolute Gasteiger partial charge is 0.326 e. The molecule has 1 aromatic heterocycles. The van der Waals surface area contributed by atoms with Gasteiger partial charge < -0.3 is 10.2 Å². The summed E-state index contributed by atoms with van der Waals surface area (Å²) in [6, 6.07) is 3.45. The number of carbonyl (C=O) groups is 3. The highest BCUT2D eigenvalue weighted by Gasteiger charge is 2.56. The Morgan fingerprint density at radius 2 is 1.93 bits per heavy atom. The van der Waals surface area contributed by atoms with Gasteiger partial charge in [0.25, 0.3) is 11.8 Å². The number of piperazine rings is 1. The summed E-state index contributed by atoms with van der Waals surface area (Å²) >= 11 is 1.45. The first-order valence-electron chi connectivity index (χ1n) is 10.4. The molecule has 2 saturated heterocycles. The van der Waals surface area contributed by atoms with Gasteiger partial charge in [0.15, 0.2) is 0 Å². The van der Waals surface area contributed by atoms with Crippen LogP contribution in [0.1, 0.15) is 49.7 Å². The van der Waals surface area contributed by atoms with Gasteiger partial charge in [-0.25, -0.2) is 9.69 Å². The Hall–Kier alpha value is -1.93. The molecule has 1 aromatic rings. The third kappa shape index (κ3) is 3.92. The molecule has 0 bridgehead atoms. The maximum absolute atomic E-state index is 13.3. The molecule has 3 fully saturated rings. The Labute approximate surface area is 176 Å². The normalized spacial score (nSPS) is 30.1. The van der Waals surface area contributed by atoms with Crippen LogP contribution in [0.5, 0.6) is 0 Å². The number of nitrogens with zero attached hydrogens (tertiary/aromatic N) is 3. The molecule has 4 amide bonds. The fourth-order valence-electron chi connectivity index (χ4n) is 5.48. The first-order chi connectivity index (χ1) is 13.7. The fraction of sp³-hybridized carbons (Fsp3) is 0.667. The van der Waals surface area contributed by atoms with E-state index in [4.69, 9.17) is 0 Å². The predicted octanol–water partition coefficient (Wildman–Crippen LogP) is 2.60. The van der Waals surface area contributed by atoms with Crippen LogP contribution in [0.15, 0.2) is 17.5 Å². The number of urea groups is 1. The van der Waals surface area contributed by atoms with Crippen LogP contribution >= 0.6 is 11.3 Å². The predicted molar refractivity (Wildman–Crippen MR) is 112 cm³/mol. The molecule has 1 saturated carbocycles. The average Bonchev–Trinajstić information content (AvgIpc) is 3.24. The number of amides is 4. The van der Waals surface area contributed by atoms with Gasteiger partial charge in [-0.05, 0) is 42.0 Å². The molecular formula is C21H30N4O3S. The monoisotopic (exact) mass is 418 g/mol. The van der Waals surface area contributed by atoms with Crippen molar-refractivity contribution in [2.75, 3.05) is 32.8 Å². The zero-order chi connectivity index (χ0) is 20.8. The largest absolute Gasteiger partial charge is 0.335 e. The zero-order valence-corrected chi connectivity index (χ0v) is 18.3. The first kappa shape index (κ1) is 20.3. The van der Waals surface area contributed by atoms with E-state index in [1.165, 1.54) is 16.2 Å². The van der Waals surface area contributed by atoms with Gasteiger partial charge in [0.05, 0.1) is 11.5 Å². The van der Waals surface area contributed by atoms with Crippen molar-refractivity contribution in [3.05, 3.63) is 22.4 Å². The molecular weight excluding hydrogens is 388 g/mol. The van der Waals surface area contributed by atoms with Gasteiger partial charge >= 0.3 is 6.03 Å². The fourth-order valence-corrected chi connectivity index (χ4v) is 6.17. The molecule has 158 valence electrons. The molecule has 3 aliphatic rings. The Morgan fingerprint density at radius 1 is 1.21 bits per heavy atom. The number of imide groups is 1. The van der Waals surface area contributed by atoms with Gasteiger partial charge in [-0.2, -0.15) is 0 Å². The van der Waals surface area contributed by atoms with E-state index in [9.17, 15) is 14.4 Å². The highest BCUT2D eigenvalue weighted by atomic mass is 32.1. The van der Waals surface area contributed by atoms with Gasteiger partial charge in [-0.3, -0.25) is 14.5 Å². The second-order valence-electron chi connectivity index (χ2n) is 9.63. The van der Waals surface area contributed by atoms with Crippen molar-refractivity contribution < 1.29 is 14.4 Å². The van der Waals surface area contributed by atoms with Gasteiger partial charge in [0.1, 0.15) is 5.54 Å². The van der Waals surface area contributed by atoms with Gasteiger partial charge in [0, 0.05) is 26.2 Å². The summed E-state index contributed by atoms with van der Waals surface area (Å²) in [5.41, 5.74) is -0.723. The third-order valence-corrected chi connectivity index (χ3v) is 7.21. The summed E-state index contributed by atoms with van der Waals surface area (Å²) in [6.07, 6.45) is 2.47. The van der Waals surface area contributed by atoms with Crippen LogP contribution < -0.4 is 5.32 Å². The van der Waals surface area contributed by atoms with Crippen molar-refractivity contribution in [1.82, 2.24) is 20.0 Å². The van der Waals surface area contributed by atoms with Crippen LogP contribution in [-0.2, 0) is 4.79 Å². The van der Waals surface area contributed by atoms with E-state index >= 15 is 0 Å². The van der Waals surface area contributed by atoms with E-state index in [0.29, 0.717) is 51.6 Å². The highest BCUT2D eigenvalue weighted by Crippen LogP contribution is 2.46. The van der Waals surface area contributed by atoms with E-state index in [0.717, 1.165) is 11.3 Å². The summed E-state index contributed by atoms with van der Waals surface area (Å²) < 4.78 is 0. The lowest BCUT2D eigenvalue weighted by Crippen LogP contribution is -2.55. The lowest BCUT2D eigenvalue weighted by Gasteiger charge is -2.44. The van der Waals surface area contributed by atoms with Crippen LogP contribution in [0, 0.1) is 11.3 Å². The highest BCUT2D eigenvalue weighted by molar-refractivity contribution is 7.12. The topological polar surface area (TPSA) is 73.0 Å². The maximum atomic E-state index is 13.3. The standard InChI is InChI=1S/C21H30N4O3S/c1-15-11-20(2,3)13-21(12-15)18(27)25(19(28)22-21)14-23-6-8-24(9-7-23)17(26)16-5-4-10-29-16/h4-5,10,15H,6-9,11-14H2,1-3H3,(H,22,28)/t15-,21+/m1/s1. The Balaban J connectivity index is 1.37. The SMILES string of the molecule is C[C@@H]1CC(C)(C)C[C@]2(C1)NC(=O)N(CN1CCN(C(=O)c3cccs3)CC1)C2=O. The Kier molecular flexibility index (Phi) is 5.19. The molecule has 4 rings (SSSR count). The minimum Gasteiger partial charge on any atom is -0.335 e. The number of nitrogens with one attached hydrogen (secondary N) is 1. The molecule has 8 heteroatoms. The van der Waals surface area contributed by atoms with Crippen molar-refractivity contribution in [2.45, 2.75) is 45.6 Å². The summed E-state index contributed by atoms with van der Waals surface area (Å²) in [4.78, 5) is 44.5. The molecule has 0 aromatic carbocycles. The van der Waals surface area contributed by atoms with Gasteiger partial charge in [-0.1, -0.05) is 26.8 Å². The lowest BCUT2D eigenvalue weighted by molar-refractivity contribution is -0.136. The van der Waals surface area contributed by atoms with Crippen molar-refractivity contribution >= 4 is 29.2 Å². The molecule has 7 nitrogen and oxygen atoms in total. The summed E-state index contributed by atoms with van der Waals surface area (Å²) in [7, 11) is 0. The van der Waals surface area contributed by atoms with E-state index in [2.05, 4.69) is 31.0 Å². The number of hydrogen-bond acceptors (Lipinski definition) is 5. The number of carbonyl (C=O) groups excluding carboxylic acids is 3. The lowest BCUT2D eigenvalue weighted by atomic mass is 9.64. The first-order valence-corrected chi connectivity index (χ1v) is 11.3. The molecule has 29 heavy (non-hydrogen) atoms. The van der Waals surface area contributed by atoms with Crippen molar-refractivity contribution in [2.24, 2.45) is 11.3 Å². The van der Waals surface area contributed by atoms with Gasteiger partial charge in [-0.15, -0.1) is 11.3 Å². The third-order valence-electron chi connectivity index (χ3n) is 6.36. The molecule has 2 atom stereocenters. The van der Waals surface area contributed by atoms with Crippen molar-refractivity contribution in [1.29, 1.82) is 0 Å². The zero-order valence-electron chi connectivity index (χ0n) is 17.4. The average molecular weight is 419 g/mol. The molecule has 0 radical (unpaired) electrons. The van der Waals surface area contributed by atoms with E-state index < -0.39 is 5.54 Å². The van der Waals surface area contributed by atoms with E-state index in [-0.39, 0.29) is 23.3 Å². The number of rotatable bonds is 3. The second kappa shape index (κ2) is 7.40. The quantitative estimate of drug-likeness (QED) is 0.766. The molecule has 1 aliphatic carbocycles. The molecule has 2 aliphatic heterocycles. The summed E-state index contributed by atoms with van der Waals surface area (Å²) in [5.74, 6) is 0.376. The molecule has 1 N–H and O–H groups in total. The molecule has 0 unspecified atom stereocenters. The van der Waals surface area contributed by atoms with E-state index in [1.54, 1.807) is 0 Å². The van der Waals surface area contributed by atoms with Crippen LogP contribution in [-0.4, -0.2) is 70.9 Å². The summed E-state index contributed by atoms with van der Waals surface area (Å²) in [5, 5.41) is 4.94. The Bertz CT molecular complexity index is 801.